The van der Waals surface area contributed by atoms with Crippen LogP contribution in [0.25, 0.3) is 0 Å². The molecule has 0 saturated heterocycles. The maximum Gasteiger partial charge on any atom is 0.114 e. The normalized spacial score (nSPS) is 10.7. The molecule has 0 aliphatic heterocycles. The number of nitrogens with two attached hydrogens (primary N) is 1. The molecular formula is C8H9IN4S. The average Bonchev–Trinajstić information content (AvgIpc) is 2.76. The van der Waals surface area contributed by atoms with Crippen molar-refractivity contribution < 1.29 is 0 Å². The molecule has 6 heteroatoms. The Labute approximate surface area is 99.3 Å². The van der Waals surface area contributed by atoms with E-state index in [2.05, 4.69) is 32.7 Å². The second-order valence-corrected chi connectivity index (χ2v) is 4.98. The van der Waals surface area contributed by atoms with Gasteiger partial charge < -0.3 is 5.73 Å². The Morgan fingerprint density at radius 2 is 2.43 bits per heavy atom. The third-order valence-electron chi connectivity index (χ3n) is 1.71. The van der Waals surface area contributed by atoms with Gasteiger partial charge in [-0.15, -0.1) is 11.3 Å². The smallest absolute Gasteiger partial charge is 0.114 e. The second-order valence-electron chi connectivity index (χ2n) is 2.79. The van der Waals surface area contributed by atoms with E-state index < -0.39 is 0 Å². The summed E-state index contributed by atoms with van der Waals surface area (Å²) in [6, 6.07) is 0. The van der Waals surface area contributed by atoms with E-state index in [-0.39, 0.29) is 0 Å². The molecule has 0 fully saturated rings. The predicted molar refractivity (Wildman–Crippen MR) is 64.1 cm³/mol. The third-order valence-corrected chi connectivity index (χ3v) is 3.15. The lowest BCUT2D eigenvalue weighted by molar-refractivity contribution is 0.681. The molecule has 0 bridgehead atoms. The topological polar surface area (TPSA) is 56.7 Å². The van der Waals surface area contributed by atoms with Crippen LogP contribution in [0.15, 0.2) is 17.8 Å². The minimum Gasteiger partial charge on any atom is -0.325 e. The predicted octanol–water partition coefficient (Wildman–Crippen LogP) is 1.45. The van der Waals surface area contributed by atoms with Crippen LogP contribution in [-0.2, 0) is 13.1 Å². The van der Waals surface area contributed by atoms with Gasteiger partial charge in [0.2, 0.25) is 0 Å². The van der Waals surface area contributed by atoms with Gasteiger partial charge in [-0.1, -0.05) is 0 Å². The molecule has 2 aromatic heterocycles. The summed E-state index contributed by atoms with van der Waals surface area (Å²) in [5, 5.41) is 7.23. The number of nitrogens with zero attached hydrogens (tertiary/aromatic N) is 3. The monoisotopic (exact) mass is 320 g/mol. The third kappa shape index (κ3) is 2.31. The number of rotatable bonds is 3. The summed E-state index contributed by atoms with van der Waals surface area (Å²) in [7, 11) is 0. The fourth-order valence-electron chi connectivity index (χ4n) is 1.08. The van der Waals surface area contributed by atoms with E-state index in [1.54, 1.807) is 11.3 Å². The van der Waals surface area contributed by atoms with Crippen LogP contribution in [0.1, 0.15) is 10.7 Å². The Bertz CT molecular complexity index is 422. The Morgan fingerprint density at radius 3 is 3.00 bits per heavy atom. The Kier molecular flexibility index (Phi) is 3.14. The van der Waals surface area contributed by atoms with Gasteiger partial charge in [-0.3, -0.25) is 4.68 Å². The quantitative estimate of drug-likeness (QED) is 0.871. The van der Waals surface area contributed by atoms with Crippen LogP contribution in [0.3, 0.4) is 0 Å². The zero-order valence-corrected chi connectivity index (χ0v) is 10.3. The van der Waals surface area contributed by atoms with Gasteiger partial charge in [-0.25, -0.2) is 4.98 Å². The van der Waals surface area contributed by atoms with Crippen LogP contribution in [0, 0.1) is 3.57 Å². The summed E-state index contributed by atoms with van der Waals surface area (Å²) < 4.78 is 3.01. The van der Waals surface area contributed by atoms with E-state index in [1.165, 1.54) is 0 Å². The molecule has 2 rings (SSSR count). The van der Waals surface area contributed by atoms with Gasteiger partial charge in [0.05, 0.1) is 22.0 Å². The molecule has 74 valence electrons. The number of hydrogen-bond acceptors (Lipinski definition) is 4. The lowest BCUT2D eigenvalue weighted by Crippen LogP contribution is -2.01. The fraction of sp³-hybridized carbons (Fsp3) is 0.250. The first-order valence-corrected chi connectivity index (χ1v) is 6.05. The molecule has 2 N–H and O–H groups in total. The number of thiazole rings is 1. The van der Waals surface area contributed by atoms with Crippen molar-refractivity contribution >= 4 is 33.9 Å². The lowest BCUT2D eigenvalue weighted by atomic mass is 10.5. The van der Waals surface area contributed by atoms with E-state index in [9.17, 15) is 0 Å². The highest BCUT2D eigenvalue weighted by molar-refractivity contribution is 14.1. The van der Waals surface area contributed by atoms with Gasteiger partial charge in [0, 0.05) is 18.1 Å². The van der Waals surface area contributed by atoms with Crippen molar-refractivity contribution in [3.8, 4) is 0 Å². The average molecular weight is 320 g/mol. The summed E-state index contributed by atoms with van der Waals surface area (Å²) in [5.41, 5.74) is 6.43. The molecule has 0 aromatic carbocycles. The highest BCUT2D eigenvalue weighted by Gasteiger charge is 2.02. The van der Waals surface area contributed by atoms with Crippen molar-refractivity contribution in [1.29, 1.82) is 0 Å². The first-order chi connectivity index (χ1) is 6.78. The first-order valence-electron chi connectivity index (χ1n) is 4.09. The van der Waals surface area contributed by atoms with Crippen molar-refractivity contribution in [1.82, 2.24) is 14.8 Å². The van der Waals surface area contributed by atoms with Gasteiger partial charge in [0.1, 0.15) is 5.01 Å². The van der Waals surface area contributed by atoms with Crippen LogP contribution in [0.5, 0.6) is 0 Å². The highest BCUT2D eigenvalue weighted by atomic mass is 127. The van der Waals surface area contributed by atoms with Crippen LogP contribution in [0.2, 0.25) is 0 Å². The van der Waals surface area contributed by atoms with E-state index >= 15 is 0 Å². The summed E-state index contributed by atoms with van der Waals surface area (Å²) in [6.07, 6.45) is 3.82. The Hall–Kier alpha value is -0.470. The fourth-order valence-corrected chi connectivity index (χ4v) is 2.32. The molecular weight excluding hydrogens is 311 g/mol. The van der Waals surface area contributed by atoms with E-state index in [0.717, 1.165) is 20.8 Å². The molecule has 4 nitrogen and oxygen atoms in total. The van der Waals surface area contributed by atoms with Gasteiger partial charge in [0.15, 0.2) is 0 Å². The summed E-state index contributed by atoms with van der Waals surface area (Å²) in [6.45, 7) is 1.24. The molecule has 0 aliphatic carbocycles. The molecule has 0 radical (unpaired) electrons. The van der Waals surface area contributed by atoms with E-state index in [1.807, 2.05) is 22.5 Å². The highest BCUT2D eigenvalue weighted by Crippen LogP contribution is 2.11. The largest absolute Gasteiger partial charge is 0.325 e. The van der Waals surface area contributed by atoms with Crippen LogP contribution < -0.4 is 5.73 Å². The minimum absolute atomic E-state index is 0.507. The van der Waals surface area contributed by atoms with Crippen molar-refractivity contribution in [3.63, 3.8) is 0 Å². The zero-order chi connectivity index (χ0) is 9.97. The molecule has 14 heavy (non-hydrogen) atoms. The van der Waals surface area contributed by atoms with Crippen LogP contribution >= 0.6 is 33.9 Å². The molecule has 0 atom stereocenters. The lowest BCUT2D eigenvalue weighted by Gasteiger charge is -1.95. The van der Waals surface area contributed by atoms with Gasteiger partial charge in [-0.05, 0) is 22.6 Å². The van der Waals surface area contributed by atoms with Crippen LogP contribution in [0.4, 0.5) is 0 Å². The molecule has 2 heterocycles. The van der Waals surface area contributed by atoms with Crippen molar-refractivity contribution in [2.45, 2.75) is 13.1 Å². The number of hydrogen-bond donors (Lipinski definition) is 1. The minimum atomic E-state index is 0.507. The summed E-state index contributed by atoms with van der Waals surface area (Å²) in [4.78, 5) is 4.36. The van der Waals surface area contributed by atoms with Crippen molar-refractivity contribution in [3.05, 3.63) is 32.0 Å². The van der Waals surface area contributed by atoms with Gasteiger partial charge in [0.25, 0.3) is 0 Å². The van der Waals surface area contributed by atoms with Gasteiger partial charge in [-0.2, -0.15) is 5.10 Å². The molecule has 0 spiro atoms. The van der Waals surface area contributed by atoms with Crippen LogP contribution in [-0.4, -0.2) is 14.8 Å². The zero-order valence-electron chi connectivity index (χ0n) is 7.35. The number of aromatic nitrogens is 3. The molecule has 2 aromatic rings. The molecule has 0 aliphatic rings. The second kappa shape index (κ2) is 4.37. The van der Waals surface area contributed by atoms with Gasteiger partial charge >= 0.3 is 0 Å². The Morgan fingerprint density at radius 1 is 1.57 bits per heavy atom. The van der Waals surface area contributed by atoms with Crippen molar-refractivity contribution in [2.24, 2.45) is 5.73 Å². The standard InChI is InChI=1S/C8H9IN4S/c9-6-2-11-13(3-6)4-8-12-7(1-10)5-14-8/h2-3,5H,1,4,10H2. The maximum absolute atomic E-state index is 5.48. The van der Waals surface area contributed by atoms with Crippen molar-refractivity contribution in [2.75, 3.05) is 0 Å². The molecule has 0 unspecified atom stereocenters. The first kappa shape index (κ1) is 10.1. The van der Waals surface area contributed by atoms with E-state index in [0.29, 0.717) is 6.54 Å². The summed E-state index contributed by atoms with van der Waals surface area (Å²) >= 11 is 3.86. The maximum atomic E-state index is 5.48. The SMILES string of the molecule is NCc1csc(Cn2cc(I)cn2)n1. The van der Waals surface area contributed by atoms with E-state index in [4.69, 9.17) is 5.73 Å². The Balaban J connectivity index is 2.10. The molecule has 0 amide bonds. The summed E-state index contributed by atoms with van der Waals surface area (Å²) in [5.74, 6) is 0. The number of halogens is 1. The molecule has 0 saturated carbocycles.